The van der Waals surface area contributed by atoms with Crippen LogP contribution in [-0.2, 0) is 5.54 Å². The highest BCUT2D eigenvalue weighted by molar-refractivity contribution is 5.91. The third kappa shape index (κ3) is 4.68. The van der Waals surface area contributed by atoms with Gasteiger partial charge in [0.05, 0.1) is 5.54 Å². The van der Waals surface area contributed by atoms with Crippen molar-refractivity contribution in [3.8, 4) is 0 Å². The number of hydrogen-bond acceptors (Lipinski definition) is 2. The Labute approximate surface area is 186 Å². The number of hydrazone groups is 1. The highest BCUT2D eigenvalue weighted by Crippen LogP contribution is 2.46. The van der Waals surface area contributed by atoms with Gasteiger partial charge in [0.25, 0.3) is 0 Å². The van der Waals surface area contributed by atoms with Gasteiger partial charge in [-0.2, -0.15) is 5.10 Å². The van der Waals surface area contributed by atoms with Gasteiger partial charge in [0.2, 0.25) is 0 Å². The first-order valence-electron chi connectivity index (χ1n) is 12.0. The van der Waals surface area contributed by atoms with Gasteiger partial charge >= 0.3 is 0 Å². The Bertz CT molecular complexity index is 758. The quantitative estimate of drug-likeness (QED) is 0.375. The van der Waals surface area contributed by atoms with Gasteiger partial charge in [0.15, 0.2) is 0 Å². The number of rotatable bonds is 9. The Hall–Kier alpha value is -1.57. The van der Waals surface area contributed by atoms with Crippen molar-refractivity contribution >= 4 is 5.71 Å². The Morgan fingerprint density at radius 1 is 0.867 bits per heavy atom. The zero-order chi connectivity index (χ0) is 22.8. The zero-order valence-corrected chi connectivity index (χ0v) is 21.4. The molecule has 1 aliphatic rings. The van der Waals surface area contributed by atoms with Crippen molar-refractivity contribution in [2.24, 2.45) is 21.3 Å². The molecule has 0 bridgehead atoms. The lowest BCUT2D eigenvalue weighted by atomic mass is 9.64. The second-order valence-electron chi connectivity index (χ2n) is 11.0. The molecule has 1 aromatic rings. The second-order valence-corrected chi connectivity index (χ2v) is 11.0. The molecule has 0 fully saturated rings. The molecule has 2 heteroatoms. The lowest BCUT2D eigenvalue weighted by molar-refractivity contribution is 0.0918. The summed E-state index contributed by atoms with van der Waals surface area (Å²) < 4.78 is 0. The number of nitrogens with zero attached hydrogens (tertiary/aromatic N) is 2. The molecule has 168 valence electrons. The Kier molecular flexibility index (Phi) is 7.32. The molecule has 0 amide bonds. The summed E-state index contributed by atoms with van der Waals surface area (Å²) in [6.45, 7) is 24.2. The van der Waals surface area contributed by atoms with E-state index >= 15 is 0 Å². The van der Waals surface area contributed by atoms with Crippen molar-refractivity contribution < 1.29 is 0 Å². The van der Waals surface area contributed by atoms with Gasteiger partial charge in [0, 0.05) is 24.1 Å². The lowest BCUT2D eigenvalue weighted by Crippen LogP contribution is -2.41. The third-order valence-corrected chi connectivity index (χ3v) is 8.25. The summed E-state index contributed by atoms with van der Waals surface area (Å²) in [6.07, 6.45) is 9.19. The van der Waals surface area contributed by atoms with E-state index in [1.54, 1.807) is 0 Å². The van der Waals surface area contributed by atoms with E-state index in [1.807, 2.05) is 0 Å². The van der Waals surface area contributed by atoms with Crippen LogP contribution in [0.3, 0.4) is 0 Å². The molecule has 0 radical (unpaired) electrons. The predicted molar refractivity (Wildman–Crippen MR) is 133 cm³/mol. The maximum atomic E-state index is 5.32. The van der Waals surface area contributed by atoms with E-state index in [2.05, 4.69) is 111 Å². The molecule has 1 aliphatic heterocycles. The van der Waals surface area contributed by atoms with Crippen molar-refractivity contribution in [1.82, 2.24) is 5.01 Å². The molecule has 0 saturated carbocycles. The smallest absolute Gasteiger partial charge is 0.0822 e. The van der Waals surface area contributed by atoms with Gasteiger partial charge in [-0.05, 0) is 42.6 Å². The van der Waals surface area contributed by atoms with E-state index in [0.29, 0.717) is 0 Å². The van der Waals surface area contributed by atoms with Crippen LogP contribution in [0.25, 0.3) is 0 Å². The van der Waals surface area contributed by atoms with Crippen LogP contribution in [0.2, 0.25) is 0 Å². The van der Waals surface area contributed by atoms with Crippen LogP contribution >= 0.6 is 0 Å². The Morgan fingerprint density at radius 3 is 1.93 bits per heavy atom. The topological polar surface area (TPSA) is 15.6 Å². The molecule has 0 unspecified atom stereocenters. The van der Waals surface area contributed by atoms with Crippen LogP contribution in [-0.4, -0.2) is 17.3 Å². The van der Waals surface area contributed by atoms with Gasteiger partial charge in [-0.15, -0.1) is 0 Å². The summed E-state index contributed by atoms with van der Waals surface area (Å²) in [7, 11) is 0. The average molecular weight is 411 g/mol. The van der Waals surface area contributed by atoms with Crippen molar-refractivity contribution in [1.29, 1.82) is 0 Å². The van der Waals surface area contributed by atoms with Gasteiger partial charge in [-0.3, -0.25) is 5.01 Å². The monoisotopic (exact) mass is 410 g/mol. The van der Waals surface area contributed by atoms with Gasteiger partial charge in [-0.25, -0.2) is 0 Å². The van der Waals surface area contributed by atoms with Crippen LogP contribution < -0.4 is 0 Å². The van der Waals surface area contributed by atoms with Crippen molar-refractivity contribution in [2.75, 3.05) is 6.54 Å². The first-order chi connectivity index (χ1) is 13.8. The SMILES string of the molecule is CCC(C)(C)C=CC(C)(C)C(C)(C)C1=NN(C(CC)(CC)c2ccc(C)cc2)CC1. The van der Waals surface area contributed by atoms with Gasteiger partial charge in [-0.1, -0.05) is 104 Å². The Morgan fingerprint density at radius 2 is 1.43 bits per heavy atom. The summed E-state index contributed by atoms with van der Waals surface area (Å²) >= 11 is 0. The molecule has 0 saturated heterocycles. The number of aryl methyl sites for hydroxylation is 1. The predicted octanol–water partition coefficient (Wildman–Crippen LogP) is 8.12. The van der Waals surface area contributed by atoms with Crippen molar-refractivity contribution in [3.05, 3.63) is 47.5 Å². The van der Waals surface area contributed by atoms with E-state index in [9.17, 15) is 0 Å². The minimum Gasteiger partial charge on any atom is -0.286 e. The molecule has 0 N–H and O–H groups in total. The fourth-order valence-corrected chi connectivity index (χ4v) is 4.37. The summed E-state index contributed by atoms with van der Waals surface area (Å²) in [5.74, 6) is 0. The highest BCUT2D eigenvalue weighted by Gasteiger charge is 2.44. The molecule has 0 spiro atoms. The molecule has 0 aromatic heterocycles. The summed E-state index contributed by atoms with van der Waals surface area (Å²) in [5.41, 5.74) is 4.31. The molecule has 2 nitrogen and oxygen atoms in total. The van der Waals surface area contributed by atoms with Crippen LogP contribution in [0.1, 0.15) is 99.1 Å². The molecule has 30 heavy (non-hydrogen) atoms. The number of allylic oxidation sites excluding steroid dienone is 2. The average Bonchev–Trinajstić information content (AvgIpc) is 3.20. The summed E-state index contributed by atoms with van der Waals surface area (Å²) in [5, 5.41) is 7.73. The molecular weight excluding hydrogens is 364 g/mol. The van der Waals surface area contributed by atoms with E-state index in [0.717, 1.165) is 32.2 Å². The maximum absolute atomic E-state index is 5.32. The lowest BCUT2D eigenvalue weighted by Gasteiger charge is -2.41. The first kappa shape index (κ1) is 24.7. The van der Waals surface area contributed by atoms with Crippen LogP contribution in [0, 0.1) is 23.2 Å². The van der Waals surface area contributed by atoms with Crippen LogP contribution in [0.4, 0.5) is 0 Å². The van der Waals surface area contributed by atoms with E-state index in [-0.39, 0.29) is 21.8 Å². The normalized spacial score (nSPS) is 16.5. The fraction of sp³-hybridized carbons (Fsp3) is 0.679. The third-order valence-electron chi connectivity index (χ3n) is 8.25. The number of benzene rings is 1. The molecule has 0 atom stereocenters. The summed E-state index contributed by atoms with van der Waals surface area (Å²) in [4.78, 5) is 0. The minimum atomic E-state index is -0.0181. The largest absolute Gasteiger partial charge is 0.286 e. The molecule has 2 rings (SSSR count). The van der Waals surface area contributed by atoms with Gasteiger partial charge < -0.3 is 0 Å². The molecule has 0 aliphatic carbocycles. The first-order valence-corrected chi connectivity index (χ1v) is 12.0. The summed E-state index contributed by atoms with van der Waals surface area (Å²) in [6, 6.07) is 9.09. The standard InChI is InChI=1S/C28H46N2/c1-11-25(5,6)19-20-26(7,8)27(9,10)24-18-21-30(29-24)28(12-2,13-3)23-16-14-22(4)15-17-23/h14-17,19-20H,11-13,18,21H2,1-10H3. The molecular formula is C28H46N2. The van der Waals surface area contributed by atoms with Crippen molar-refractivity contribution in [3.63, 3.8) is 0 Å². The van der Waals surface area contributed by atoms with Crippen LogP contribution in [0.15, 0.2) is 41.5 Å². The maximum Gasteiger partial charge on any atom is 0.0822 e. The highest BCUT2D eigenvalue weighted by atomic mass is 15.5. The molecule has 1 aromatic carbocycles. The van der Waals surface area contributed by atoms with Gasteiger partial charge in [0.1, 0.15) is 0 Å². The van der Waals surface area contributed by atoms with E-state index in [4.69, 9.17) is 5.10 Å². The van der Waals surface area contributed by atoms with Crippen molar-refractivity contribution in [2.45, 2.75) is 100 Å². The molecule has 1 heterocycles. The second kappa shape index (κ2) is 8.89. The van der Waals surface area contributed by atoms with E-state index in [1.165, 1.54) is 16.8 Å². The zero-order valence-electron chi connectivity index (χ0n) is 21.4. The fourth-order valence-electron chi connectivity index (χ4n) is 4.37. The van der Waals surface area contributed by atoms with E-state index < -0.39 is 0 Å². The minimum absolute atomic E-state index is 0.00255. The van der Waals surface area contributed by atoms with Crippen LogP contribution in [0.5, 0.6) is 0 Å². The Balaban J connectivity index is 2.39. The number of hydrogen-bond donors (Lipinski definition) is 0.